The number of hydrogen-bond acceptors (Lipinski definition) is 3. The zero-order chi connectivity index (χ0) is 13.0. The molecule has 1 amide bonds. The summed E-state index contributed by atoms with van der Waals surface area (Å²) in [6.45, 7) is 3.18. The number of ether oxygens (including phenoxy) is 1. The standard InChI is InChI=1S/C14H19NO3/c1-2-18-12-5-3-4-11(8-12)13(17)15-9-14(10-16)6-7-14/h3-5,8,16H,2,6-7,9-10H2,1H3,(H,15,17). The SMILES string of the molecule is CCOc1cccc(C(=O)NCC2(CO)CC2)c1. The van der Waals surface area contributed by atoms with Crippen molar-refractivity contribution in [1.29, 1.82) is 0 Å². The maximum atomic E-state index is 11.9. The van der Waals surface area contributed by atoms with E-state index in [1.165, 1.54) is 0 Å². The summed E-state index contributed by atoms with van der Waals surface area (Å²) in [7, 11) is 0. The van der Waals surface area contributed by atoms with E-state index in [0.717, 1.165) is 12.8 Å². The van der Waals surface area contributed by atoms with Gasteiger partial charge in [-0.3, -0.25) is 4.79 Å². The summed E-state index contributed by atoms with van der Waals surface area (Å²) in [6.07, 6.45) is 1.98. The number of rotatable bonds is 6. The van der Waals surface area contributed by atoms with Gasteiger partial charge in [-0.25, -0.2) is 0 Å². The molecule has 18 heavy (non-hydrogen) atoms. The molecule has 0 heterocycles. The van der Waals surface area contributed by atoms with Gasteiger partial charge in [-0.2, -0.15) is 0 Å². The third-order valence-corrected chi connectivity index (χ3v) is 3.32. The predicted molar refractivity (Wildman–Crippen MR) is 68.7 cm³/mol. The van der Waals surface area contributed by atoms with Crippen molar-refractivity contribution in [2.24, 2.45) is 5.41 Å². The molecular weight excluding hydrogens is 230 g/mol. The van der Waals surface area contributed by atoms with E-state index in [2.05, 4.69) is 5.32 Å². The van der Waals surface area contributed by atoms with E-state index in [4.69, 9.17) is 4.74 Å². The zero-order valence-electron chi connectivity index (χ0n) is 10.6. The number of carbonyl (C=O) groups excluding carboxylic acids is 1. The molecule has 98 valence electrons. The fourth-order valence-electron chi connectivity index (χ4n) is 1.83. The summed E-state index contributed by atoms with van der Waals surface area (Å²) < 4.78 is 5.36. The summed E-state index contributed by atoms with van der Waals surface area (Å²) in [5.74, 6) is 0.588. The molecule has 4 nitrogen and oxygen atoms in total. The fraction of sp³-hybridized carbons (Fsp3) is 0.500. The molecule has 2 rings (SSSR count). The van der Waals surface area contributed by atoms with Crippen LogP contribution in [-0.2, 0) is 0 Å². The van der Waals surface area contributed by atoms with Gasteiger partial charge in [0.2, 0.25) is 0 Å². The van der Waals surface area contributed by atoms with Crippen molar-refractivity contribution in [1.82, 2.24) is 5.32 Å². The van der Waals surface area contributed by atoms with Crippen LogP contribution >= 0.6 is 0 Å². The number of hydrogen-bond donors (Lipinski definition) is 2. The quantitative estimate of drug-likeness (QED) is 0.805. The largest absolute Gasteiger partial charge is 0.494 e. The maximum absolute atomic E-state index is 11.9. The van der Waals surface area contributed by atoms with E-state index >= 15 is 0 Å². The molecule has 1 fully saturated rings. The normalized spacial score (nSPS) is 16.1. The lowest BCUT2D eigenvalue weighted by atomic mass is 10.1. The van der Waals surface area contributed by atoms with E-state index in [9.17, 15) is 9.90 Å². The number of aliphatic hydroxyl groups is 1. The van der Waals surface area contributed by atoms with Crippen LogP contribution in [0, 0.1) is 5.41 Å². The van der Waals surface area contributed by atoms with Crippen molar-refractivity contribution in [3.63, 3.8) is 0 Å². The van der Waals surface area contributed by atoms with Gasteiger partial charge in [-0.1, -0.05) is 6.07 Å². The molecule has 1 aromatic carbocycles. The minimum atomic E-state index is -0.115. The Morgan fingerprint density at radius 2 is 2.28 bits per heavy atom. The Hall–Kier alpha value is -1.55. The molecule has 4 heteroatoms. The Kier molecular flexibility index (Phi) is 3.87. The van der Waals surface area contributed by atoms with Gasteiger partial charge in [0.15, 0.2) is 0 Å². The molecule has 1 saturated carbocycles. The molecular formula is C14H19NO3. The minimum absolute atomic E-state index is 0.0623. The van der Waals surface area contributed by atoms with Crippen LogP contribution in [0.25, 0.3) is 0 Å². The Balaban J connectivity index is 1.93. The maximum Gasteiger partial charge on any atom is 0.251 e. The molecule has 0 aromatic heterocycles. The summed E-state index contributed by atoms with van der Waals surface area (Å²) in [6, 6.07) is 7.13. The topological polar surface area (TPSA) is 58.6 Å². The molecule has 0 aliphatic heterocycles. The van der Waals surface area contributed by atoms with Crippen LogP contribution in [-0.4, -0.2) is 30.8 Å². The molecule has 0 atom stereocenters. The Bertz CT molecular complexity index is 427. The van der Waals surface area contributed by atoms with Crippen LogP contribution in [0.2, 0.25) is 0 Å². The average Bonchev–Trinajstić information content (AvgIpc) is 3.17. The van der Waals surface area contributed by atoms with Crippen molar-refractivity contribution in [3.8, 4) is 5.75 Å². The smallest absolute Gasteiger partial charge is 0.251 e. The van der Waals surface area contributed by atoms with Gasteiger partial charge in [0.25, 0.3) is 5.91 Å². The first-order chi connectivity index (χ1) is 8.69. The third-order valence-electron chi connectivity index (χ3n) is 3.32. The lowest BCUT2D eigenvalue weighted by Gasteiger charge is -2.13. The molecule has 1 aliphatic carbocycles. The van der Waals surface area contributed by atoms with Gasteiger partial charge >= 0.3 is 0 Å². The third kappa shape index (κ3) is 3.01. The van der Waals surface area contributed by atoms with E-state index in [1.54, 1.807) is 18.2 Å². The van der Waals surface area contributed by atoms with E-state index < -0.39 is 0 Å². The second-order valence-corrected chi connectivity index (χ2v) is 4.80. The Labute approximate surface area is 107 Å². The van der Waals surface area contributed by atoms with E-state index in [1.807, 2.05) is 13.0 Å². The molecule has 0 spiro atoms. The second-order valence-electron chi connectivity index (χ2n) is 4.80. The second kappa shape index (κ2) is 5.40. The highest BCUT2D eigenvalue weighted by atomic mass is 16.5. The summed E-state index contributed by atoms with van der Waals surface area (Å²) in [4.78, 5) is 11.9. The molecule has 0 saturated heterocycles. The number of carbonyl (C=O) groups is 1. The average molecular weight is 249 g/mol. The highest BCUT2D eigenvalue weighted by Gasteiger charge is 2.42. The van der Waals surface area contributed by atoms with E-state index in [0.29, 0.717) is 24.5 Å². The van der Waals surface area contributed by atoms with Crippen molar-refractivity contribution in [2.45, 2.75) is 19.8 Å². The number of amides is 1. The molecule has 0 bridgehead atoms. The van der Waals surface area contributed by atoms with Crippen LogP contribution in [0.3, 0.4) is 0 Å². The first kappa shape index (κ1) is 12.9. The first-order valence-electron chi connectivity index (χ1n) is 6.31. The van der Waals surface area contributed by atoms with Crippen molar-refractivity contribution >= 4 is 5.91 Å². The summed E-state index contributed by atoms with van der Waals surface area (Å²) in [5, 5.41) is 12.1. The minimum Gasteiger partial charge on any atom is -0.494 e. The highest BCUT2D eigenvalue weighted by Crippen LogP contribution is 2.44. The zero-order valence-corrected chi connectivity index (χ0v) is 10.6. The monoisotopic (exact) mass is 249 g/mol. The van der Waals surface area contributed by atoms with Crippen molar-refractivity contribution < 1.29 is 14.6 Å². The van der Waals surface area contributed by atoms with Gasteiger partial charge < -0.3 is 15.2 Å². The van der Waals surface area contributed by atoms with Gasteiger partial charge in [-0.15, -0.1) is 0 Å². The number of nitrogens with one attached hydrogen (secondary N) is 1. The van der Waals surface area contributed by atoms with Gasteiger partial charge in [0.1, 0.15) is 5.75 Å². The highest BCUT2D eigenvalue weighted by molar-refractivity contribution is 5.94. The van der Waals surface area contributed by atoms with Crippen LogP contribution in [0.15, 0.2) is 24.3 Å². The predicted octanol–water partition coefficient (Wildman–Crippen LogP) is 1.59. The Morgan fingerprint density at radius 1 is 1.50 bits per heavy atom. The lowest BCUT2D eigenvalue weighted by Crippen LogP contribution is -2.31. The fourth-order valence-corrected chi connectivity index (χ4v) is 1.83. The Morgan fingerprint density at radius 3 is 2.89 bits per heavy atom. The van der Waals surface area contributed by atoms with Crippen molar-refractivity contribution in [2.75, 3.05) is 19.8 Å². The molecule has 1 aromatic rings. The molecule has 1 aliphatic rings. The molecule has 0 radical (unpaired) electrons. The summed E-state index contributed by atoms with van der Waals surface area (Å²) >= 11 is 0. The van der Waals surface area contributed by atoms with Crippen LogP contribution in [0.1, 0.15) is 30.1 Å². The number of aliphatic hydroxyl groups excluding tert-OH is 1. The van der Waals surface area contributed by atoms with Gasteiger partial charge in [0, 0.05) is 17.5 Å². The molecule has 2 N–H and O–H groups in total. The number of benzene rings is 1. The van der Waals surface area contributed by atoms with E-state index in [-0.39, 0.29) is 17.9 Å². The van der Waals surface area contributed by atoms with Crippen LogP contribution in [0.4, 0.5) is 0 Å². The van der Waals surface area contributed by atoms with Gasteiger partial charge in [-0.05, 0) is 38.0 Å². The van der Waals surface area contributed by atoms with Crippen molar-refractivity contribution in [3.05, 3.63) is 29.8 Å². The lowest BCUT2D eigenvalue weighted by molar-refractivity contribution is 0.0934. The van der Waals surface area contributed by atoms with Crippen LogP contribution in [0.5, 0.6) is 5.75 Å². The van der Waals surface area contributed by atoms with Gasteiger partial charge in [0.05, 0.1) is 13.2 Å². The summed E-state index contributed by atoms with van der Waals surface area (Å²) in [5.41, 5.74) is 0.530. The first-order valence-corrected chi connectivity index (χ1v) is 6.31. The molecule has 0 unspecified atom stereocenters. The van der Waals surface area contributed by atoms with Crippen LogP contribution < -0.4 is 10.1 Å².